The van der Waals surface area contributed by atoms with Gasteiger partial charge in [-0.25, -0.2) is 9.78 Å². The maximum Gasteiger partial charge on any atom is 0.358 e. The Morgan fingerprint density at radius 2 is 2.44 bits per heavy atom. The van der Waals surface area contributed by atoms with Gasteiger partial charge in [0.25, 0.3) is 0 Å². The fraction of sp³-hybridized carbons (Fsp3) is 0.636. The Morgan fingerprint density at radius 1 is 1.62 bits per heavy atom. The molecule has 0 aliphatic heterocycles. The topological polar surface area (TPSA) is 65.2 Å². The summed E-state index contributed by atoms with van der Waals surface area (Å²) < 4.78 is 5.44. The SMILES string of the molecule is CC1CCCC(N)C1OC(=O)c1cscn1. The van der Waals surface area contributed by atoms with Crippen LogP contribution in [0.2, 0.25) is 0 Å². The highest BCUT2D eigenvalue weighted by molar-refractivity contribution is 7.07. The van der Waals surface area contributed by atoms with Gasteiger partial charge in [-0.15, -0.1) is 11.3 Å². The van der Waals surface area contributed by atoms with Gasteiger partial charge >= 0.3 is 5.97 Å². The van der Waals surface area contributed by atoms with Crippen molar-refractivity contribution in [2.45, 2.75) is 38.3 Å². The minimum atomic E-state index is -0.351. The van der Waals surface area contributed by atoms with Crippen molar-refractivity contribution in [3.05, 3.63) is 16.6 Å². The van der Waals surface area contributed by atoms with Gasteiger partial charge in [0, 0.05) is 11.4 Å². The molecule has 0 saturated heterocycles. The van der Waals surface area contributed by atoms with Gasteiger partial charge in [0.05, 0.1) is 5.51 Å². The van der Waals surface area contributed by atoms with Crippen LogP contribution in [-0.2, 0) is 4.74 Å². The van der Waals surface area contributed by atoms with Gasteiger partial charge in [-0.3, -0.25) is 0 Å². The normalized spacial score (nSPS) is 30.0. The first-order valence-corrected chi connectivity index (χ1v) is 6.47. The predicted octanol–water partition coefficient (Wildman–Crippen LogP) is 1.82. The second kappa shape index (κ2) is 4.93. The van der Waals surface area contributed by atoms with E-state index < -0.39 is 0 Å². The van der Waals surface area contributed by atoms with E-state index in [9.17, 15) is 4.79 Å². The van der Waals surface area contributed by atoms with Crippen LogP contribution in [0.4, 0.5) is 0 Å². The van der Waals surface area contributed by atoms with E-state index in [0.29, 0.717) is 11.6 Å². The zero-order valence-corrected chi connectivity index (χ0v) is 10.1. The van der Waals surface area contributed by atoms with Crippen LogP contribution in [0, 0.1) is 5.92 Å². The molecule has 2 N–H and O–H groups in total. The van der Waals surface area contributed by atoms with Gasteiger partial charge in [-0.2, -0.15) is 0 Å². The minimum Gasteiger partial charge on any atom is -0.456 e. The first-order valence-electron chi connectivity index (χ1n) is 5.53. The Hall–Kier alpha value is -0.940. The molecule has 0 amide bonds. The monoisotopic (exact) mass is 240 g/mol. The summed E-state index contributed by atoms with van der Waals surface area (Å²) in [5.41, 5.74) is 7.99. The van der Waals surface area contributed by atoms with Crippen LogP contribution in [0.3, 0.4) is 0 Å². The smallest absolute Gasteiger partial charge is 0.358 e. The summed E-state index contributed by atoms with van der Waals surface area (Å²) in [4.78, 5) is 15.7. The molecule has 1 aliphatic rings. The second-order valence-electron chi connectivity index (χ2n) is 4.32. The standard InChI is InChI=1S/C11H16N2O2S/c1-7-3-2-4-8(12)10(7)15-11(14)9-5-16-6-13-9/h5-8,10H,2-4,12H2,1H3. The Morgan fingerprint density at radius 3 is 3.06 bits per heavy atom. The Labute approximate surface area is 98.8 Å². The van der Waals surface area contributed by atoms with E-state index in [-0.39, 0.29) is 18.1 Å². The molecule has 16 heavy (non-hydrogen) atoms. The molecule has 0 spiro atoms. The number of ether oxygens (including phenoxy) is 1. The van der Waals surface area contributed by atoms with Crippen molar-refractivity contribution in [3.8, 4) is 0 Å². The maximum atomic E-state index is 11.7. The highest BCUT2D eigenvalue weighted by atomic mass is 32.1. The summed E-state index contributed by atoms with van der Waals surface area (Å²) in [7, 11) is 0. The van der Waals surface area contributed by atoms with E-state index in [1.165, 1.54) is 11.3 Å². The van der Waals surface area contributed by atoms with Crippen molar-refractivity contribution in [2.75, 3.05) is 0 Å². The molecule has 1 aromatic rings. The van der Waals surface area contributed by atoms with Crippen LogP contribution in [0.5, 0.6) is 0 Å². The molecular weight excluding hydrogens is 224 g/mol. The first kappa shape index (κ1) is 11.5. The molecule has 0 aromatic carbocycles. The lowest BCUT2D eigenvalue weighted by Gasteiger charge is -2.33. The summed E-state index contributed by atoms with van der Waals surface area (Å²) >= 11 is 1.39. The number of carbonyl (C=O) groups excluding carboxylic acids is 1. The van der Waals surface area contributed by atoms with Crippen molar-refractivity contribution in [1.82, 2.24) is 4.98 Å². The van der Waals surface area contributed by atoms with Gasteiger partial charge in [0.15, 0.2) is 5.69 Å². The van der Waals surface area contributed by atoms with Crippen molar-refractivity contribution in [3.63, 3.8) is 0 Å². The molecule has 4 nitrogen and oxygen atoms in total. The lowest BCUT2D eigenvalue weighted by atomic mass is 9.84. The molecule has 3 unspecified atom stereocenters. The summed E-state index contributed by atoms with van der Waals surface area (Å²) in [5.74, 6) is -0.0122. The Balaban J connectivity index is 2.00. The number of nitrogens with zero attached hydrogens (tertiary/aromatic N) is 1. The number of hydrogen-bond donors (Lipinski definition) is 1. The number of rotatable bonds is 2. The number of esters is 1. The largest absolute Gasteiger partial charge is 0.456 e. The third-order valence-corrected chi connectivity index (χ3v) is 3.65. The highest BCUT2D eigenvalue weighted by Gasteiger charge is 2.31. The van der Waals surface area contributed by atoms with Crippen molar-refractivity contribution < 1.29 is 9.53 Å². The van der Waals surface area contributed by atoms with Crippen LogP contribution >= 0.6 is 11.3 Å². The number of carbonyl (C=O) groups is 1. The molecule has 3 atom stereocenters. The van der Waals surface area contributed by atoms with Gasteiger partial charge in [0.2, 0.25) is 0 Å². The second-order valence-corrected chi connectivity index (χ2v) is 5.03. The molecule has 1 saturated carbocycles. The molecule has 88 valence electrons. The lowest BCUT2D eigenvalue weighted by Crippen LogP contribution is -2.45. The summed E-state index contributed by atoms with van der Waals surface area (Å²) in [6.45, 7) is 2.08. The summed E-state index contributed by atoms with van der Waals surface area (Å²) in [6.07, 6.45) is 2.96. The van der Waals surface area contributed by atoms with E-state index in [4.69, 9.17) is 10.5 Å². The predicted molar refractivity (Wildman–Crippen MR) is 62.3 cm³/mol. The lowest BCUT2D eigenvalue weighted by molar-refractivity contribution is -0.00346. The van der Waals surface area contributed by atoms with E-state index in [1.54, 1.807) is 10.9 Å². The maximum absolute atomic E-state index is 11.7. The van der Waals surface area contributed by atoms with Gasteiger partial charge in [0.1, 0.15) is 6.10 Å². The van der Waals surface area contributed by atoms with Crippen LogP contribution in [0.1, 0.15) is 36.7 Å². The number of thiazole rings is 1. The van der Waals surface area contributed by atoms with E-state index in [2.05, 4.69) is 11.9 Å². The minimum absolute atomic E-state index is 0.0358. The zero-order valence-electron chi connectivity index (χ0n) is 9.26. The molecule has 1 aliphatic carbocycles. The molecule has 0 radical (unpaired) electrons. The zero-order chi connectivity index (χ0) is 11.5. The molecule has 1 fully saturated rings. The highest BCUT2D eigenvalue weighted by Crippen LogP contribution is 2.26. The van der Waals surface area contributed by atoms with Crippen molar-refractivity contribution in [1.29, 1.82) is 0 Å². The van der Waals surface area contributed by atoms with Gasteiger partial charge in [-0.05, 0) is 18.8 Å². The van der Waals surface area contributed by atoms with E-state index >= 15 is 0 Å². The first-order chi connectivity index (χ1) is 7.68. The molecule has 2 rings (SSSR count). The average Bonchev–Trinajstić information content (AvgIpc) is 2.76. The molecule has 1 heterocycles. The Kier molecular flexibility index (Phi) is 3.56. The van der Waals surface area contributed by atoms with Crippen LogP contribution in [-0.4, -0.2) is 23.1 Å². The van der Waals surface area contributed by atoms with Crippen molar-refractivity contribution in [2.24, 2.45) is 11.7 Å². The molecule has 1 aromatic heterocycles. The number of aromatic nitrogens is 1. The average molecular weight is 240 g/mol. The fourth-order valence-electron chi connectivity index (χ4n) is 2.13. The number of hydrogen-bond acceptors (Lipinski definition) is 5. The van der Waals surface area contributed by atoms with E-state index in [0.717, 1.165) is 19.3 Å². The van der Waals surface area contributed by atoms with Crippen LogP contribution in [0.15, 0.2) is 10.9 Å². The third kappa shape index (κ3) is 2.41. The Bertz CT molecular complexity index is 343. The summed E-state index contributed by atoms with van der Waals surface area (Å²) in [5, 5.41) is 1.70. The van der Waals surface area contributed by atoms with Crippen LogP contribution in [0.25, 0.3) is 0 Å². The molecule has 0 bridgehead atoms. The van der Waals surface area contributed by atoms with Crippen LogP contribution < -0.4 is 5.73 Å². The quantitative estimate of drug-likeness (QED) is 0.801. The van der Waals surface area contributed by atoms with E-state index in [1.807, 2.05) is 0 Å². The number of nitrogens with two attached hydrogens (primary N) is 1. The van der Waals surface area contributed by atoms with Gasteiger partial charge < -0.3 is 10.5 Å². The van der Waals surface area contributed by atoms with Gasteiger partial charge in [-0.1, -0.05) is 13.3 Å². The molecular formula is C11H16N2O2S. The molecule has 5 heteroatoms. The third-order valence-electron chi connectivity index (χ3n) is 3.06. The fourth-order valence-corrected chi connectivity index (χ4v) is 2.65. The summed E-state index contributed by atoms with van der Waals surface area (Å²) in [6, 6.07) is -0.0358. The van der Waals surface area contributed by atoms with Crippen molar-refractivity contribution >= 4 is 17.3 Å².